The van der Waals surface area contributed by atoms with Crippen LogP contribution in [0.3, 0.4) is 0 Å². The minimum absolute atomic E-state index is 0.0169. The zero-order valence-corrected chi connectivity index (χ0v) is 18.2. The van der Waals surface area contributed by atoms with E-state index in [9.17, 15) is 9.59 Å². The summed E-state index contributed by atoms with van der Waals surface area (Å²) in [5.74, 6) is 0.593. The van der Waals surface area contributed by atoms with E-state index in [0.717, 1.165) is 43.2 Å². The van der Waals surface area contributed by atoms with Crippen molar-refractivity contribution in [2.45, 2.75) is 32.6 Å². The van der Waals surface area contributed by atoms with Gasteiger partial charge in [0.2, 0.25) is 5.91 Å². The molecule has 6 heteroatoms. The van der Waals surface area contributed by atoms with Gasteiger partial charge >= 0.3 is 6.03 Å². The highest BCUT2D eigenvalue weighted by atomic mass is 16.2. The molecule has 0 radical (unpaired) electrons. The molecule has 0 aliphatic carbocycles. The molecule has 2 aromatic rings. The molecular weight excluding hydrogens is 388 g/mol. The summed E-state index contributed by atoms with van der Waals surface area (Å²) in [5.41, 5.74) is 2.79. The molecule has 0 unspecified atom stereocenters. The molecule has 2 aliphatic heterocycles. The third-order valence-corrected chi connectivity index (χ3v) is 6.39. The van der Waals surface area contributed by atoms with Crippen LogP contribution < -0.4 is 15.5 Å². The molecule has 2 heterocycles. The van der Waals surface area contributed by atoms with Crippen LogP contribution in [0.5, 0.6) is 0 Å². The molecule has 3 amide bonds. The van der Waals surface area contributed by atoms with Gasteiger partial charge in [0, 0.05) is 43.2 Å². The van der Waals surface area contributed by atoms with Crippen LogP contribution in [0.25, 0.3) is 0 Å². The van der Waals surface area contributed by atoms with Gasteiger partial charge < -0.3 is 20.4 Å². The van der Waals surface area contributed by atoms with Crippen LogP contribution in [0.1, 0.15) is 32.6 Å². The summed E-state index contributed by atoms with van der Waals surface area (Å²) in [4.78, 5) is 29.6. The predicted molar refractivity (Wildman–Crippen MR) is 125 cm³/mol. The lowest BCUT2D eigenvalue weighted by Crippen LogP contribution is -2.45. The van der Waals surface area contributed by atoms with E-state index in [2.05, 4.69) is 34.6 Å². The van der Waals surface area contributed by atoms with Gasteiger partial charge in [-0.05, 0) is 68.0 Å². The highest BCUT2D eigenvalue weighted by Gasteiger charge is 2.28. The summed E-state index contributed by atoms with van der Waals surface area (Å²) in [5, 5.41) is 5.95. The molecule has 2 fully saturated rings. The molecule has 2 saturated heterocycles. The molecule has 6 nitrogen and oxygen atoms in total. The van der Waals surface area contributed by atoms with E-state index in [-0.39, 0.29) is 17.9 Å². The number of likely N-dealkylation sites (tertiary alicyclic amines) is 1. The number of para-hydroxylation sites is 1. The van der Waals surface area contributed by atoms with Gasteiger partial charge in [-0.3, -0.25) is 4.79 Å². The average Bonchev–Trinajstić information content (AvgIpc) is 2.81. The summed E-state index contributed by atoms with van der Waals surface area (Å²) in [6.07, 6.45) is 4.08. The van der Waals surface area contributed by atoms with Gasteiger partial charge in [-0.1, -0.05) is 25.1 Å². The number of nitrogens with one attached hydrogen (secondary N) is 2. The molecule has 2 aromatic carbocycles. The fraction of sp³-hybridized carbons (Fsp3) is 0.440. The molecule has 2 N–H and O–H groups in total. The Kier molecular flexibility index (Phi) is 6.75. The smallest absolute Gasteiger partial charge is 0.321 e. The minimum atomic E-state index is -0.196. The number of hydrogen-bond acceptors (Lipinski definition) is 3. The van der Waals surface area contributed by atoms with Gasteiger partial charge in [0.05, 0.1) is 5.92 Å². The van der Waals surface area contributed by atoms with Crippen molar-refractivity contribution < 1.29 is 9.59 Å². The zero-order valence-electron chi connectivity index (χ0n) is 18.2. The molecule has 164 valence electrons. The van der Waals surface area contributed by atoms with E-state index in [0.29, 0.717) is 13.1 Å². The van der Waals surface area contributed by atoms with Gasteiger partial charge in [-0.2, -0.15) is 0 Å². The second-order valence-electron chi connectivity index (χ2n) is 8.79. The number of nitrogens with zero attached hydrogens (tertiary/aromatic N) is 2. The van der Waals surface area contributed by atoms with E-state index in [1.54, 1.807) is 4.90 Å². The lowest BCUT2D eigenvalue weighted by molar-refractivity contribution is -0.121. The number of carbonyl (C=O) groups is 2. The normalized spacial score (nSPS) is 19.7. The molecule has 4 rings (SSSR count). The van der Waals surface area contributed by atoms with Gasteiger partial charge in [0.1, 0.15) is 0 Å². The molecule has 1 atom stereocenters. The van der Waals surface area contributed by atoms with Crippen molar-refractivity contribution in [2.24, 2.45) is 11.8 Å². The second kappa shape index (κ2) is 9.86. The number of urea groups is 1. The Hall–Kier alpha value is -3.02. The van der Waals surface area contributed by atoms with Crippen molar-refractivity contribution in [3.63, 3.8) is 0 Å². The molecule has 0 spiro atoms. The van der Waals surface area contributed by atoms with Crippen LogP contribution in [0.15, 0.2) is 54.6 Å². The largest absolute Gasteiger partial charge is 0.372 e. The van der Waals surface area contributed by atoms with Crippen LogP contribution >= 0.6 is 0 Å². The third-order valence-electron chi connectivity index (χ3n) is 6.39. The third kappa shape index (κ3) is 5.57. The minimum Gasteiger partial charge on any atom is -0.372 e. The van der Waals surface area contributed by atoms with Crippen molar-refractivity contribution in [3.8, 4) is 0 Å². The predicted octanol–water partition coefficient (Wildman–Crippen LogP) is 4.81. The first-order chi connectivity index (χ1) is 15.1. The van der Waals surface area contributed by atoms with Crippen LogP contribution in [0, 0.1) is 11.8 Å². The number of benzene rings is 2. The van der Waals surface area contributed by atoms with Crippen molar-refractivity contribution in [2.75, 3.05) is 41.7 Å². The van der Waals surface area contributed by atoms with Gasteiger partial charge in [0.15, 0.2) is 0 Å². The fourth-order valence-corrected chi connectivity index (χ4v) is 4.37. The Morgan fingerprint density at radius 3 is 2.23 bits per heavy atom. The van der Waals surface area contributed by atoms with E-state index >= 15 is 0 Å². The van der Waals surface area contributed by atoms with Crippen molar-refractivity contribution in [1.29, 1.82) is 0 Å². The standard InChI is InChI=1S/C25H32N4O2/c1-19-13-16-28(17-14-19)23-11-9-22(10-12-23)26-24(30)20-6-5-15-29(18-20)25(31)27-21-7-3-2-4-8-21/h2-4,7-12,19-20H,5-6,13-18H2,1H3,(H,26,30)(H,27,31)/t20-/m0/s1. The number of rotatable bonds is 4. The lowest BCUT2D eigenvalue weighted by Gasteiger charge is -2.32. The maximum Gasteiger partial charge on any atom is 0.321 e. The topological polar surface area (TPSA) is 64.7 Å². The molecule has 0 bridgehead atoms. The van der Waals surface area contributed by atoms with Crippen LogP contribution in [0.2, 0.25) is 0 Å². The van der Waals surface area contributed by atoms with Crippen LogP contribution in [-0.2, 0) is 4.79 Å². The highest BCUT2D eigenvalue weighted by Crippen LogP contribution is 2.25. The summed E-state index contributed by atoms with van der Waals surface area (Å²) in [7, 11) is 0. The summed E-state index contributed by atoms with van der Waals surface area (Å²) in [6.45, 7) is 5.61. The van der Waals surface area contributed by atoms with Gasteiger partial charge in [-0.15, -0.1) is 0 Å². The Labute approximate surface area is 184 Å². The highest BCUT2D eigenvalue weighted by molar-refractivity contribution is 5.94. The molecule has 2 aliphatic rings. The monoisotopic (exact) mass is 420 g/mol. The maximum atomic E-state index is 12.8. The number of hydrogen-bond donors (Lipinski definition) is 2. The Morgan fingerprint density at radius 2 is 1.52 bits per heavy atom. The van der Waals surface area contributed by atoms with Gasteiger partial charge in [-0.25, -0.2) is 4.79 Å². The number of piperidine rings is 2. The molecule has 0 saturated carbocycles. The average molecular weight is 421 g/mol. The maximum absolute atomic E-state index is 12.8. The first kappa shape index (κ1) is 21.2. The van der Waals surface area contributed by atoms with Crippen molar-refractivity contribution in [1.82, 2.24) is 4.90 Å². The Bertz CT molecular complexity index is 876. The Morgan fingerprint density at radius 1 is 0.839 bits per heavy atom. The van der Waals surface area contributed by atoms with Crippen LogP contribution in [0.4, 0.5) is 21.9 Å². The quantitative estimate of drug-likeness (QED) is 0.746. The molecule has 0 aromatic heterocycles. The van der Waals surface area contributed by atoms with Crippen molar-refractivity contribution in [3.05, 3.63) is 54.6 Å². The molecule has 31 heavy (non-hydrogen) atoms. The van der Waals surface area contributed by atoms with E-state index in [1.807, 2.05) is 42.5 Å². The van der Waals surface area contributed by atoms with Crippen molar-refractivity contribution >= 4 is 29.0 Å². The first-order valence-corrected chi connectivity index (χ1v) is 11.4. The first-order valence-electron chi connectivity index (χ1n) is 11.4. The number of anilines is 3. The summed E-state index contributed by atoms with van der Waals surface area (Å²) < 4.78 is 0. The summed E-state index contributed by atoms with van der Waals surface area (Å²) >= 11 is 0. The molecular formula is C25H32N4O2. The van der Waals surface area contributed by atoms with E-state index < -0.39 is 0 Å². The SMILES string of the molecule is CC1CCN(c2ccc(NC(=O)[C@H]3CCCN(C(=O)Nc4ccccc4)C3)cc2)CC1. The second-order valence-corrected chi connectivity index (χ2v) is 8.79. The van der Waals surface area contributed by atoms with Gasteiger partial charge in [0.25, 0.3) is 0 Å². The zero-order chi connectivity index (χ0) is 21.6. The number of amides is 3. The van der Waals surface area contributed by atoms with Crippen LogP contribution in [-0.4, -0.2) is 43.0 Å². The van der Waals surface area contributed by atoms with E-state index in [1.165, 1.54) is 18.5 Å². The Balaban J connectivity index is 1.30. The number of carbonyl (C=O) groups excluding carboxylic acids is 2. The fourth-order valence-electron chi connectivity index (χ4n) is 4.37. The lowest BCUT2D eigenvalue weighted by atomic mass is 9.97. The summed E-state index contributed by atoms with van der Waals surface area (Å²) in [6, 6.07) is 17.4. The van der Waals surface area contributed by atoms with E-state index in [4.69, 9.17) is 0 Å².